The molecule has 1 aliphatic heterocycles. The van der Waals surface area contributed by atoms with Crippen LogP contribution in [0.5, 0.6) is 5.88 Å². The molecule has 0 spiro atoms. The zero-order chi connectivity index (χ0) is 24.2. The van der Waals surface area contributed by atoms with Crippen LogP contribution in [0.2, 0.25) is 10.0 Å². The van der Waals surface area contributed by atoms with Gasteiger partial charge in [0.2, 0.25) is 11.8 Å². The summed E-state index contributed by atoms with van der Waals surface area (Å²) in [5.41, 5.74) is -0.524. The molecule has 0 atom stereocenters. The van der Waals surface area contributed by atoms with Crippen molar-refractivity contribution in [2.45, 2.75) is 55.9 Å². The molecule has 10 heteroatoms. The molecule has 1 aromatic heterocycles. The molecule has 1 N–H and O–H groups in total. The minimum atomic E-state index is -0.507. The van der Waals surface area contributed by atoms with Crippen LogP contribution in [0.25, 0.3) is 0 Å². The first-order valence-electron chi connectivity index (χ1n) is 10.7. The number of aromatic nitrogens is 2. The summed E-state index contributed by atoms with van der Waals surface area (Å²) in [6.07, 6.45) is 3.15. The number of alkyl carbamates (subject to hydrolysis) is 1. The van der Waals surface area contributed by atoms with Gasteiger partial charge in [-0.25, -0.2) is 9.78 Å². The third kappa shape index (κ3) is 7.04. The van der Waals surface area contributed by atoms with E-state index in [9.17, 15) is 4.79 Å². The summed E-state index contributed by atoms with van der Waals surface area (Å²) in [6.45, 7) is 9.87. The van der Waals surface area contributed by atoms with Gasteiger partial charge in [0, 0.05) is 24.5 Å². The number of halogens is 2. The molecule has 0 radical (unpaired) electrons. The zero-order valence-electron chi connectivity index (χ0n) is 19.6. The number of hydrogen-bond donors (Lipinski definition) is 1. The lowest BCUT2D eigenvalue weighted by Gasteiger charge is -2.39. The van der Waals surface area contributed by atoms with Gasteiger partial charge in [-0.15, -0.1) is 0 Å². The number of amides is 1. The molecule has 0 saturated carbocycles. The molecule has 1 saturated heterocycles. The van der Waals surface area contributed by atoms with Gasteiger partial charge in [0.05, 0.1) is 28.2 Å². The van der Waals surface area contributed by atoms with Crippen molar-refractivity contribution in [3.63, 3.8) is 0 Å². The van der Waals surface area contributed by atoms with Crippen LogP contribution in [-0.2, 0) is 4.74 Å². The van der Waals surface area contributed by atoms with Crippen molar-refractivity contribution < 1.29 is 14.3 Å². The van der Waals surface area contributed by atoms with Crippen LogP contribution in [0.3, 0.4) is 0 Å². The summed E-state index contributed by atoms with van der Waals surface area (Å²) >= 11 is 13.9. The van der Waals surface area contributed by atoms with Crippen molar-refractivity contribution in [2.75, 3.05) is 31.6 Å². The highest BCUT2D eigenvalue weighted by Gasteiger charge is 2.32. The van der Waals surface area contributed by atoms with E-state index in [0.29, 0.717) is 28.4 Å². The summed E-state index contributed by atoms with van der Waals surface area (Å²) in [5.74, 6) is 1.11. The van der Waals surface area contributed by atoms with Gasteiger partial charge in [0.25, 0.3) is 0 Å². The Balaban J connectivity index is 1.62. The number of nitrogens with zero attached hydrogens (tertiary/aromatic N) is 3. The van der Waals surface area contributed by atoms with Gasteiger partial charge >= 0.3 is 6.09 Å². The molecule has 3 rings (SSSR count). The maximum atomic E-state index is 12.0. The number of benzene rings is 1. The van der Waals surface area contributed by atoms with Gasteiger partial charge in [-0.05, 0) is 51.2 Å². The number of methoxy groups -OCH3 is 1. The van der Waals surface area contributed by atoms with Crippen LogP contribution in [0.4, 0.5) is 10.7 Å². The lowest BCUT2D eigenvalue weighted by molar-refractivity contribution is 0.0495. The first-order valence-corrected chi connectivity index (χ1v) is 12.3. The van der Waals surface area contributed by atoms with E-state index in [0.717, 1.165) is 35.7 Å². The Labute approximate surface area is 209 Å². The van der Waals surface area contributed by atoms with Gasteiger partial charge < -0.3 is 19.7 Å². The molecule has 0 unspecified atom stereocenters. The van der Waals surface area contributed by atoms with Crippen molar-refractivity contribution in [1.29, 1.82) is 0 Å². The summed E-state index contributed by atoms with van der Waals surface area (Å²) in [6, 6.07) is 5.49. The first kappa shape index (κ1) is 25.7. The molecular weight excluding hydrogens is 483 g/mol. The van der Waals surface area contributed by atoms with Crippen LogP contribution in [-0.4, -0.2) is 48.4 Å². The number of carbonyl (C=O) groups is 1. The van der Waals surface area contributed by atoms with E-state index in [1.165, 1.54) is 11.8 Å². The Morgan fingerprint density at radius 2 is 1.94 bits per heavy atom. The Bertz CT molecular complexity index is 992. The van der Waals surface area contributed by atoms with E-state index in [1.54, 1.807) is 19.4 Å². The average molecular weight is 513 g/mol. The van der Waals surface area contributed by atoms with Crippen LogP contribution >= 0.6 is 35.0 Å². The van der Waals surface area contributed by atoms with E-state index >= 15 is 0 Å². The monoisotopic (exact) mass is 512 g/mol. The molecule has 7 nitrogen and oxygen atoms in total. The molecule has 1 fully saturated rings. The van der Waals surface area contributed by atoms with Gasteiger partial charge in [-0.3, -0.25) is 0 Å². The van der Waals surface area contributed by atoms with Crippen molar-refractivity contribution in [2.24, 2.45) is 5.41 Å². The average Bonchev–Trinajstić information content (AvgIpc) is 2.75. The number of hydrogen-bond acceptors (Lipinski definition) is 7. The number of ether oxygens (including phenoxy) is 2. The van der Waals surface area contributed by atoms with E-state index in [2.05, 4.69) is 27.1 Å². The summed E-state index contributed by atoms with van der Waals surface area (Å²) in [5, 5.41) is 3.89. The fraction of sp³-hybridized carbons (Fsp3) is 0.522. The SMILES string of the molecule is COc1nc(N2CCC(C)(CNC(=O)OC(C)(C)C)CC2)ncc1Sc1cccc(Cl)c1Cl. The molecule has 1 aliphatic rings. The molecule has 1 aromatic carbocycles. The molecular formula is C23H30Cl2N4O3S. The lowest BCUT2D eigenvalue weighted by atomic mass is 9.80. The van der Waals surface area contributed by atoms with E-state index < -0.39 is 5.60 Å². The summed E-state index contributed by atoms with van der Waals surface area (Å²) < 4.78 is 10.9. The minimum absolute atomic E-state index is 0.0173. The third-order valence-corrected chi connectivity index (χ3v) is 7.34. The maximum absolute atomic E-state index is 12.0. The second-order valence-electron chi connectivity index (χ2n) is 9.35. The number of carbonyl (C=O) groups excluding carboxylic acids is 1. The highest BCUT2D eigenvalue weighted by molar-refractivity contribution is 7.99. The predicted octanol–water partition coefficient (Wildman–Crippen LogP) is 6.07. The first-order chi connectivity index (χ1) is 15.5. The Morgan fingerprint density at radius 1 is 1.24 bits per heavy atom. The lowest BCUT2D eigenvalue weighted by Crippen LogP contribution is -2.46. The molecule has 1 amide bonds. The van der Waals surface area contributed by atoms with Gasteiger partial charge in [0.15, 0.2) is 0 Å². The second kappa shape index (κ2) is 10.6. The van der Waals surface area contributed by atoms with Gasteiger partial charge in [-0.1, -0.05) is 48.0 Å². The normalized spacial score (nSPS) is 15.8. The Hall–Kier alpha value is -1.90. The number of nitrogens with one attached hydrogen (secondary N) is 1. The Kier molecular flexibility index (Phi) is 8.24. The molecule has 2 heterocycles. The van der Waals surface area contributed by atoms with E-state index in [-0.39, 0.29) is 11.5 Å². The van der Waals surface area contributed by atoms with Crippen molar-refractivity contribution in [3.05, 3.63) is 34.4 Å². The van der Waals surface area contributed by atoms with Gasteiger partial charge in [0.1, 0.15) is 5.60 Å². The minimum Gasteiger partial charge on any atom is -0.480 e. The van der Waals surface area contributed by atoms with Crippen LogP contribution in [0, 0.1) is 5.41 Å². The quantitative estimate of drug-likeness (QED) is 0.502. The van der Waals surface area contributed by atoms with Crippen LogP contribution in [0.15, 0.2) is 34.2 Å². The molecule has 33 heavy (non-hydrogen) atoms. The largest absolute Gasteiger partial charge is 0.480 e. The number of rotatable bonds is 6. The molecule has 180 valence electrons. The molecule has 2 aromatic rings. The molecule has 0 aliphatic carbocycles. The second-order valence-corrected chi connectivity index (χ2v) is 11.2. The highest BCUT2D eigenvalue weighted by Crippen LogP contribution is 2.40. The topological polar surface area (TPSA) is 76.6 Å². The Morgan fingerprint density at radius 3 is 2.58 bits per heavy atom. The van der Waals surface area contributed by atoms with Crippen LogP contribution in [0.1, 0.15) is 40.5 Å². The zero-order valence-corrected chi connectivity index (χ0v) is 21.9. The smallest absolute Gasteiger partial charge is 0.407 e. The fourth-order valence-corrected chi connectivity index (χ4v) is 4.80. The summed E-state index contributed by atoms with van der Waals surface area (Å²) in [7, 11) is 1.59. The number of anilines is 1. The standard InChI is InChI=1S/C23H30Cl2N4O3S/c1-22(2,3)32-21(30)27-14-23(4)9-11-29(12-10-23)20-26-13-17(19(28-20)31-5)33-16-8-6-7-15(24)18(16)25/h6-8,13H,9-12,14H2,1-5H3,(H,27,30). The maximum Gasteiger partial charge on any atom is 0.407 e. The summed E-state index contributed by atoms with van der Waals surface area (Å²) in [4.78, 5) is 24.9. The van der Waals surface area contributed by atoms with Crippen molar-refractivity contribution in [3.8, 4) is 5.88 Å². The number of piperidine rings is 1. The highest BCUT2D eigenvalue weighted by atomic mass is 35.5. The van der Waals surface area contributed by atoms with Gasteiger partial charge in [-0.2, -0.15) is 4.98 Å². The predicted molar refractivity (Wildman–Crippen MR) is 133 cm³/mol. The van der Waals surface area contributed by atoms with E-state index in [4.69, 9.17) is 32.7 Å². The van der Waals surface area contributed by atoms with Crippen LogP contribution < -0.4 is 15.0 Å². The van der Waals surface area contributed by atoms with E-state index in [1.807, 2.05) is 32.9 Å². The molecule has 0 bridgehead atoms. The fourth-order valence-electron chi connectivity index (χ4n) is 3.42. The van der Waals surface area contributed by atoms with Crippen molar-refractivity contribution in [1.82, 2.24) is 15.3 Å². The van der Waals surface area contributed by atoms with Crippen molar-refractivity contribution >= 4 is 47.0 Å². The third-order valence-electron chi connectivity index (χ3n) is 5.35.